The van der Waals surface area contributed by atoms with Gasteiger partial charge in [0.25, 0.3) is 0 Å². The standard InChI is InChI=1S/C16H17N7O2/c1-9(10-2-3-12-13(6-10)22-16(25)21-12)20-14-11-7-19-23(4-5-24)15(11)18-8-17-14/h2-3,6-9,24H,4-5H2,1H3,(H,17,18,20)(H2,21,22,25). The van der Waals surface area contributed by atoms with Crippen LogP contribution in [-0.2, 0) is 6.54 Å². The third-order valence-electron chi connectivity index (χ3n) is 4.14. The van der Waals surface area contributed by atoms with Crippen molar-refractivity contribution in [3.63, 3.8) is 0 Å². The predicted molar refractivity (Wildman–Crippen MR) is 93.4 cm³/mol. The molecule has 9 heteroatoms. The van der Waals surface area contributed by atoms with Gasteiger partial charge in [0.1, 0.15) is 12.1 Å². The molecule has 0 saturated heterocycles. The van der Waals surface area contributed by atoms with E-state index in [9.17, 15) is 4.79 Å². The molecule has 0 fully saturated rings. The number of benzene rings is 1. The van der Waals surface area contributed by atoms with Crippen LogP contribution >= 0.6 is 0 Å². The summed E-state index contributed by atoms with van der Waals surface area (Å²) in [5.74, 6) is 0.671. The topological polar surface area (TPSA) is 125 Å². The van der Waals surface area contributed by atoms with E-state index in [4.69, 9.17) is 5.11 Å². The Labute approximate surface area is 141 Å². The van der Waals surface area contributed by atoms with E-state index in [-0.39, 0.29) is 18.3 Å². The number of fused-ring (bicyclic) bond motifs is 2. The third kappa shape index (κ3) is 2.74. The quantitative estimate of drug-likeness (QED) is 0.432. The Morgan fingerprint density at radius 3 is 2.96 bits per heavy atom. The van der Waals surface area contributed by atoms with Crippen LogP contribution in [-0.4, -0.2) is 41.4 Å². The number of nitrogens with one attached hydrogen (secondary N) is 3. The highest BCUT2D eigenvalue weighted by molar-refractivity contribution is 5.86. The molecule has 1 unspecified atom stereocenters. The van der Waals surface area contributed by atoms with Crippen molar-refractivity contribution in [2.75, 3.05) is 11.9 Å². The number of aromatic nitrogens is 6. The number of aliphatic hydroxyl groups is 1. The summed E-state index contributed by atoms with van der Waals surface area (Å²) in [4.78, 5) is 25.4. The molecule has 4 N–H and O–H groups in total. The molecule has 0 aliphatic carbocycles. The van der Waals surface area contributed by atoms with Crippen LogP contribution in [0.15, 0.2) is 35.5 Å². The first kappa shape index (κ1) is 15.3. The zero-order chi connectivity index (χ0) is 17.4. The van der Waals surface area contributed by atoms with Gasteiger partial charge in [-0.05, 0) is 24.6 Å². The summed E-state index contributed by atoms with van der Waals surface area (Å²) < 4.78 is 1.64. The van der Waals surface area contributed by atoms with Gasteiger partial charge in [0.05, 0.1) is 41.8 Å². The maximum atomic E-state index is 11.4. The lowest BCUT2D eigenvalue weighted by molar-refractivity contribution is 0.271. The van der Waals surface area contributed by atoms with Gasteiger partial charge >= 0.3 is 5.69 Å². The normalized spacial score (nSPS) is 12.7. The van der Waals surface area contributed by atoms with Gasteiger partial charge < -0.3 is 20.4 Å². The lowest BCUT2D eigenvalue weighted by Gasteiger charge is -2.15. The molecule has 0 radical (unpaired) electrons. The molecule has 25 heavy (non-hydrogen) atoms. The van der Waals surface area contributed by atoms with Crippen molar-refractivity contribution in [3.8, 4) is 0 Å². The fourth-order valence-electron chi connectivity index (χ4n) is 2.87. The van der Waals surface area contributed by atoms with Crippen molar-refractivity contribution in [3.05, 3.63) is 46.8 Å². The lowest BCUT2D eigenvalue weighted by atomic mass is 10.1. The highest BCUT2D eigenvalue weighted by Crippen LogP contribution is 2.25. The monoisotopic (exact) mass is 339 g/mol. The Hall–Kier alpha value is -3.20. The molecule has 3 heterocycles. The highest BCUT2D eigenvalue weighted by Gasteiger charge is 2.13. The zero-order valence-electron chi connectivity index (χ0n) is 13.5. The van der Waals surface area contributed by atoms with Gasteiger partial charge in [-0.15, -0.1) is 0 Å². The van der Waals surface area contributed by atoms with Crippen LogP contribution in [0, 0.1) is 0 Å². The zero-order valence-corrected chi connectivity index (χ0v) is 13.5. The number of imidazole rings is 1. The Morgan fingerprint density at radius 2 is 2.12 bits per heavy atom. The molecule has 9 nitrogen and oxygen atoms in total. The minimum Gasteiger partial charge on any atom is -0.394 e. The van der Waals surface area contributed by atoms with E-state index in [0.29, 0.717) is 18.0 Å². The van der Waals surface area contributed by atoms with Crippen LogP contribution in [0.4, 0.5) is 5.82 Å². The van der Waals surface area contributed by atoms with Gasteiger partial charge in [-0.3, -0.25) is 0 Å². The number of hydrogen-bond acceptors (Lipinski definition) is 6. The van der Waals surface area contributed by atoms with E-state index >= 15 is 0 Å². The van der Waals surface area contributed by atoms with E-state index in [1.165, 1.54) is 6.33 Å². The minimum atomic E-state index is -0.221. The van der Waals surface area contributed by atoms with Crippen LogP contribution in [0.1, 0.15) is 18.5 Å². The van der Waals surface area contributed by atoms with Gasteiger partial charge in [-0.2, -0.15) is 5.10 Å². The second kappa shape index (κ2) is 6.02. The molecular formula is C16H17N7O2. The number of anilines is 1. The molecule has 1 aromatic carbocycles. The van der Waals surface area contributed by atoms with Gasteiger partial charge in [0.15, 0.2) is 5.65 Å². The first-order valence-corrected chi connectivity index (χ1v) is 7.91. The number of H-pyrrole nitrogens is 2. The van der Waals surface area contributed by atoms with Crippen LogP contribution in [0.3, 0.4) is 0 Å². The Kier molecular flexibility index (Phi) is 3.69. The van der Waals surface area contributed by atoms with E-state index in [1.54, 1.807) is 10.9 Å². The maximum Gasteiger partial charge on any atom is 0.323 e. The molecule has 0 amide bonds. The summed E-state index contributed by atoms with van der Waals surface area (Å²) in [5.41, 5.74) is 3.00. The molecular weight excluding hydrogens is 322 g/mol. The first-order chi connectivity index (χ1) is 12.2. The molecule has 0 aliphatic heterocycles. The third-order valence-corrected chi connectivity index (χ3v) is 4.14. The molecule has 0 saturated carbocycles. The van der Waals surface area contributed by atoms with Crippen molar-refractivity contribution in [1.82, 2.24) is 29.7 Å². The molecule has 4 rings (SSSR count). The van der Waals surface area contributed by atoms with Crippen molar-refractivity contribution in [1.29, 1.82) is 0 Å². The van der Waals surface area contributed by atoms with E-state index in [2.05, 4.69) is 30.4 Å². The van der Waals surface area contributed by atoms with E-state index < -0.39 is 0 Å². The minimum absolute atomic E-state index is 0.00513. The van der Waals surface area contributed by atoms with Gasteiger partial charge in [0.2, 0.25) is 0 Å². The first-order valence-electron chi connectivity index (χ1n) is 7.91. The summed E-state index contributed by atoms with van der Waals surface area (Å²) in [6, 6.07) is 5.72. The summed E-state index contributed by atoms with van der Waals surface area (Å²) in [6.45, 7) is 2.39. The predicted octanol–water partition coefficient (Wildman–Crippen LogP) is 1.16. The Balaban J connectivity index is 1.66. The number of rotatable bonds is 5. The van der Waals surface area contributed by atoms with Crippen molar-refractivity contribution in [2.24, 2.45) is 0 Å². The molecule has 128 valence electrons. The highest BCUT2D eigenvalue weighted by atomic mass is 16.3. The van der Waals surface area contributed by atoms with Crippen LogP contribution in [0.25, 0.3) is 22.1 Å². The molecule has 3 aromatic heterocycles. The molecule has 4 aromatic rings. The van der Waals surface area contributed by atoms with Crippen molar-refractivity contribution < 1.29 is 5.11 Å². The van der Waals surface area contributed by atoms with Crippen LogP contribution < -0.4 is 11.0 Å². The largest absolute Gasteiger partial charge is 0.394 e. The molecule has 0 bridgehead atoms. The van der Waals surface area contributed by atoms with Crippen molar-refractivity contribution >= 4 is 27.9 Å². The van der Waals surface area contributed by atoms with Gasteiger partial charge in [0, 0.05) is 0 Å². The summed E-state index contributed by atoms with van der Waals surface area (Å²) in [5, 5.41) is 17.5. The number of aliphatic hydroxyl groups excluding tert-OH is 1. The smallest absolute Gasteiger partial charge is 0.323 e. The number of nitrogens with zero attached hydrogens (tertiary/aromatic N) is 4. The molecule has 1 atom stereocenters. The summed E-state index contributed by atoms with van der Waals surface area (Å²) in [7, 11) is 0. The lowest BCUT2D eigenvalue weighted by Crippen LogP contribution is -2.09. The second-order valence-corrected chi connectivity index (χ2v) is 5.80. The average molecular weight is 339 g/mol. The van der Waals surface area contributed by atoms with Crippen molar-refractivity contribution in [2.45, 2.75) is 19.5 Å². The van der Waals surface area contributed by atoms with E-state index in [0.717, 1.165) is 22.0 Å². The fourth-order valence-corrected chi connectivity index (χ4v) is 2.87. The SMILES string of the molecule is CC(Nc1ncnc2c1cnn2CCO)c1ccc2[nH]c(=O)[nH]c2c1. The second-order valence-electron chi connectivity index (χ2n) is 5.80. The maximum absolute atomic E-state index is 11.4. The molecule has 0 aliphatic rings. The Morgan fingerprint density at radius 1 is 1.28 bits per heavy atom. The van der Waals surface area contributed by atoms with Gasteiger partial charge in [-0.25, -0.2) is 19.4 Å². The number of aromatic amines is 2. The number of hydrogen-bond donors (Lipinski definition) is 4. The van der Waals surface area contributed by atoms with Crippen LogP contribution in [0.5, 0.6) is 0 Å². The van der Waals surface area contributed by atoms with E-state index in [1.807, 2.05) is 25.1 Å². The van der Waals surface area contributed by atoms with Gasteiger partial charge in [-0.1, -0.05) is 6.07 Å². The molecule has 0 spiro atoms. The summed E-state index contributed by atoms with van der Waals surface area (Å²) in [6.07, 6.45) is 3.16. The Bertz CT molecular complexity index is 1090. The average Bonchev–Trinajstić information content (AvgIpc) is 3.18. The van der Waals surface area contributed by atoms with Crippen LogP contribution in [0.2, 0.25) is 0 Å². The fraction of sp³-hybridized carbons (Fsp3) is 0.250. The summed E-state index contributed by atoms with van der Waals surface area (Å²) >= 11 is 0.